The van der Waals surface area contributed by atoms with Crippen LogP contribution in [0, 0.1) is 6.92 Å². The van der Waals surface area contributed by atoms with Crippen molar-refractivity contribution in [2.45, 2.75) is 19.1 Å². The summed E-state index contributed by atoms with van der Waals surface area (Å²) in [7, 11) is 1.67. The highest BCUT2D eigenvalue weighted by atomic mass is 16.5. The third-order valence-electron chi connectivity index (χ3n) is 3.87. The van der Waals surface area contributed by atoms with E-state index in [1.54, 1.807) is 7.11 Å². The summed E-state index contributed by atoms with van der Waals surface area (Å²) in [6.07, 6.45) is 0.0266. The first-order chi connectivity index (χ1) is 10.2. The normalized spacial score (nSPS) is 21.6. The van der Waals surface area contributed by atoms with Gasteiger partial charge in [0.2, 0.25) is 0 Å². The fourth-order valence-corrected chi connectivity index (χ4v) is 2.67. The first-order valence-electron chi connectivity index (χ1n) is 7.09. The van der Waals surface area contributed by atoms with Gasteiger partial charge in [0.15, 0.2) is 0 Å². The number of aromatic nitrogens is 1. The van der Waals surface area contributed by atoms with Crippen LogP contribution in [-0.2, 0) is 4.74 Å². The molecule has 1 fully saturated rings. The SMILES string of the molecule is CO[C@H]1CNCC1NC(=O)c1ccc2nc(C)ccc2c1. The molecule has 1 aromatic carbocycles. The first kappa shape index (κ1) is 14.0. The van der Waals surface area contributed by atoms with Gasteiger partial charge in [-0.25, -0.2) is 0 Å². The number of fused-ring (bicyclic) bond motifs is 1. The fourth-order valence-electron chi connectivity index (χ4n) is 2.67. The molecule has 1 aromatic heterocycles. The van der Waals surface area contributed by atoms with E-state index in [9.17, 15) is 4.79 Å². The minimum atomic E-state index is -0.0757. The Bertz CT molecular complexity index is 672. The van der Waals surface area contributed by atoms with Crippen LogP contribution in [0.5, 0.6) is 0 Å². The van der Waals surface area contributed by atoms with Crippen LogP contribution >= 0.6 is 0 Å². The lowest BCUT2D eigenvalue weighted by atomic mass is 10.1. The summed E-state index contributed by atoms with van der Waals surface area (Å²) >= 11 is 0. The Hall–Kier alpha value is -1.98. The van der Waals surface area contributed by atoms with Crippen molar-refractivity contribution in [3.05, 3.63) is 41.6 Å². The van der Waals surface area contributed by atoms with Gasteiger partial charge in [0.25, 0.3) is 5.91 Å². The third-order valence-corrected chi connectivity index (χ3v) is 3.87. The molecule has 2 N–H and O–H groups in total. The van der Waals surface area contributed by atoms with Crippen molar-refractivity contribution in [3.8, 4) is 0 Å². The molecule has 0 aliphatic carbocycles. The second kappa shape index (κ2) is 5.79. The monoisotopic (exact) mass is 285 g/mol. The standard InChI is InChI=1S/C16H19N3O2/c1-10-3-4-11-7-12(5-6-13(11)18-10)16(20)19-14-8-17-9-15(14)21-2/h3-7,14-15,17H,8-9H2,1-2H3,(H,19,20)/t14?,15-/m0/s1. The molecule has 0 bridgehead atoms. The predicted octanol–water partition coefficient (Wildman–Crippen LogP) is 1.26. The second-order valence-corrected chi connectivity index (χ2v) is 5.37. The summed E-state index contributed by atoms with van der Waals surface area (Å²) in [6.45, 7) is 3.46. The van der Waals surface area contributed by atoms with Gasteiger partial charge < -0.3 is 15.4 Å². The van der Waals surface area contributed by atoms with Crippen molar-refractivity contribution >= 4 is 16.8 Å². The Kier molecular flexibility index (Phi) is 3.86. The van der Waals surface area contributed by atoms with Crippen LogP contribution in [0.15, 0.2) is 30.3 Å². The minimum Gasteiger partial charge on any atom is -0.378 e. The van der Waals surface area contributed by atoms with E-state index in [1.165, 1.54) is 0 Å². The summed E-state index contributed by atoms with van der Waals surface area (Å²) in [5.74, 6) is -0.0757. The zero-order valence-corrected chi connectivity index (χ0v) is 12.2. The van der Waals surface area contributed by atoms with Gasteiger partial charge in [0.05, 0.1) is 17.7 Å². The van der Waals surface area contributed by atoms with Crippen LogP contribution in [0.2, 0.25) is 0 Å². The molecule has 110 valence electrons. The molecule has 1 aliphatic rings. The van der Waals surface area contributed by atoms with Crippen LogP contribution in [-0.4, -0.2) is 43.2 Å². The maximum atomic E-state index is 12.4. The number of aryl methyl sites for hydroxylation is 1. The molecule has 0 saturated carbocycles. The molecular weight excluding hydrogens is 266 g/mol. The van der Waals surface area contributed by atoms with E-state index in [0.717, 1.165) is 29.7 Å². The highest BCUT2D eigenvalue weighted by Crippen LogP contribution is 2.15. The van der Waals surface area contributed by atoms with Gasteiger partial charge in [-0.3, -0.25) is 9.78 Å². The highest BCUT2D eigenvalue weighted by molar-refractivity contribution is 5.98. The summed E-state index contributed by atoms with van der Waals surface area (Å²) in [4.78, 5) is 16.8. The lowest BCUT2D eigenvalue weighted by molar-refractivity contribution is 0.0780. The van der Waals surface area contributed by atoms with Crippen LogP contribution in [0.1, 0.15) is 16.1 Å². The highest BCUT2D eigenvalue weighted by Gasteiger charge is 2.28. The van der Waals surface area contributed by atoms with E-state index >= 15 is 0 Å². The van der Waals surface area contributed by atoms with Crippen molar-refractivity contribution in [1.82, 2.24) is 15.6 Å². The fraction of sp³-hybridized carbons (Fsp3) is 0.375. The van der Waals surface area contributed by atoms with E-state index < -0.39 is 0 Å². The molecule has 1 aliphatic heterocycles. The number of rotatable bonds is 3. The van der Waals surface area contributed by atoms with Gasteiger partial charge in [-0.15, -0.1) is 0 Å². The predicted molar refractivity (Wildman–Crippen MR) is 81.4 cm³/mol. The largest absolute Gasteiger partial charge is 0.378 e. The Labute approximate surface area is 123 Å². The number of nitrogens with one attached hydrogen (secondary N) is 2. The topological polar surface area (TPSA) is 63.2 Å². The minimum absolute atomic E-state index is 0.00865. The quantitative estimate of drug-likeness (QED) is 0.891. The van der Waals surface area contributed by atoms with Crippen LogP contribution in [0.4, 0.5) is 0 Å². The van der Waals surface area contributed by atoms with E-state index in [-0.39, 0.29) is 18.1 Å². The number of methoxy groups -OCH3 is 1. The molecule has 21 heavy (non-hydrogen) atoms. The number of hydrogen-bond donors (Lipinski definition) is 2. The first-order valence-corrected chi connectivity index (χ1v) is 7.09. The average molecular weight is 285 g/mol. The molecule has 2 heterocycles. The van der Waals surface area contributed by atoms with Gasteiger partial charge in [-0.1, -0.05) is 6.07 Å². The Morgan fingerprint density at radius 2 is 2.19 bits per heavy atom. The van der Waals surface area contributed by atoms with E-state index in [2.05, 4.69) is 15.6 Å². The van der Waals surface area contributed by atoms with Crippen LogP contribution < -0.4 is 10.6 Å². The maximum Gasteiger partial charge on any atom is 0.251 e. The van der Waals surface area contributed by atoms with Gasteiger partial charge >= 0.3 is 0 Å². The van der Waals surface area contributed by atoms with E-state index in [4.69, 9.17) is 4.74 Å². The number of carbonyl (C=O) groups is 1. The number of hydrogen-bond acceptors (Lipinski definition) is 4. The summed E-state index contributed by atoms with van der Waals surface area (Å²) < 4.78 is 5.36. The molecule has 1 saturated heterocycles. The number of ether oxygens (including phenoxy) is 1. The van der Waals surface area contributed by atoms with Gasteiger partial charge in [-0.2, -0.15) is 0 Å². The van der Waals surface area contributed by atoms with Crippen molar-refractivity contribution in [1.29, 1.82) is 0 Å². The summed E-state index contributed by atoms with van der Waals surface area (Å²) in [5.41, 5.74) is 2.53. The molecular formula is C16H19N3O2. The van der Waals surface area contributed by atoms with E-state index in [0.29, 0.717) is 5.56 Å². The second-order valence-electron chi connectivity index (χ2n) is 5.37. The summed E-state index contributed by atoms with van der Waals surface area (Å²) in [5, 5.41) is 7.21. The van der Waals surface area contributed by atoms with Crippen molar-refractivity contribution in [2.75, 3.05) is 20.2 Å². The Balaban J connectivity index is 1.79. The number of amides is 1. The molecule has 1 unspecified atom stereocenters. The van der Waals surface area contributed by atoms with Gasteiger partial charge in [0, 0.05) is 36.8 Å². The Morgan fingerprint density at radius 3 is 3.00 bits per heavy atom. The molecule has 1 amide bonds. The Morgan fingerprint density at radius 1 is 1.33 bits per heavy atom. The van der Waals surface area contributed by atoms with Crippen LogP contribution in [0.3, 0.4) is 0 Å². The van der Waals surface area contributed by atoms with Gasteiger partial charge in [-0.05, 0) is 31.2 Å². The number of nitrogens with zero attached hydrogens (tertiary/aromatic N) is 1. The van der Waals surface area contributed by atoms with Crippen LogP contribution in [0.25, 0.3) is 10.9 Å². The third kappa shape index (κ3) is 2.89. The molecule has 5 nitrogen and oxygen atoms in total. The molecule has 0 spiro atoms. The summed E-state index contributed by atoms with van der Waals surface area (Å²) in [6, 6.07) is 9.53. The molecule has 0 radical (unpaired) electrons. The van der Waals surface area contributed by atoms with Crippen molar-refractivity contribution in [3.63, 3.8) is 0 Å². The number of pyridine rings is 1. The molecule has 3 rings (SSSR count). The number of benzene rings is 1. The lowest BCUT2D eigenvalue weighted by Gasteiger charge is -2.18. The van der Waals surface area contributed by atoms with Gasteiger partial charge in [0.1, 0.15) is 0 Å². The zero-order chi connectivity index (χ0) is 14.8. The van der Waals surface area contributed by atoms with E-state index in [1.807, 2.05) is 37.3 Å². The smallest absolute Gasteiger partial charge is 0.251 e. The average Bonchev–Trinajstić information content (AvgIpc) is 2.93. The van der Waals surface area contributed by atoms with Crippen molar-refractivity contribution < 1.29 is 9.53 Å². The molecule has 2 atom stereocenters. The lowest BCUT2D eigenvalue weighted by Crippen LogP contribution is -2.43. The molecule has 5 heteroatoms. The zero-order valence-electron chi connectivity index (χ0n) is 12.2. The van der Waals surface area contributed by atoms with Crippen molar-refractivity contribution in [2.24, 2.45) is 0 Å². The molecule has 2 aromatic rings. The maximum absolute atomic E-state index is 12.4. The number of carbonyl (C=O) groups excluding carboxylic acids is 1.